The van der Waals surface area contributed by atoms with Crippen molar-refractivity contribution in [2.45, 2.75) is 0 Å². The number of nitrogens with zero attached hydrogens (tertiary/aromatic N) is 1. The number of thioether (sulfide) groups is 1. The first kappa shape index (κ1) is 26.8. The van der Waals surface area contributed by atoms with E-state index in [0.717, 1.165) is 0 Å². The first-order chi connectivity index (χ1) is 17.8. The number of nitrogens with one attached hydrogen (secondary N) is 1. The van der Waals surface area contributed by atoms with E-state index in [9.17, 15) is 9.59 Å². The fourth-order valence-corrected chi connectivity index (χ4v) is 5.03. The zero-order valence-corrected chi connectivity index (χ0v) is 22.8. The summed E-state index contributed by atoms with van der Waals surface area (Å²) >= 11 is 18.7. The van der Waals surface area contributed by atoms with E-state index < -0.39 is 0 Å². The van der Waals surface area contributed by atoms with Crippen LogP contribution in [0.15, 0.2) is 65.6 Å². The Kier molecular flexibility index (Phi) is 8.60. The zero-order chi connectivity index (χ0) is 26.5. The molecule has 1 fully saturated rings. The van der Waals surface area contributed by atoms with Gasteiger partial charge in [0.05, 0.1) is 40.5 Å². The van der Waals surface area contributed by atoms with Gasteiger partial charge in [-0.1, -0.05) is 65.4 Å². The van der Waals surface area contributed by atoms with Gasteiger partial charge >= 0.3 is 0 Å². The molecule has 1 aliphatic heterocycles. The molecule has 0 atom stereocenters. The number of para-hydroxylation sites is 2. The summed E-state index contributed by atoms with van der Waals surface area (Å²) in [4.78, 5) is 27.3. The molecule has 3 aromatic rings. The van der Waals surface area contributed by atoms with Crippen LogP contribution in [0.5, 0.6) is 17.2 Å². The lowest BCUT2D eigenvalue weighted by Gasteiger charge is -2.15. The Hall–Kier alpha value is -3.24. The van der Waals surface area contributed by atoms with E-state index in [2.05, 4.69) is 5.32 Å². The second-order valence-electron chi connectivity index (χ2n) is 7.56. The maximum absolute atomic E-state index is 13.1. The molecule has 37 heavy (non-hydrogen) atoms. The molecule has 7 nitrogen and oxygen atoms in total. The average Bonchev–Trinajstić information content (AvgIpc) is 3.17. The lowest BCUT2D eigenvalue weighted by atomic mass is 10.2. The van der Waals surface area contributed by atoms with Gasteiger partial charge in [-0.2, -0.15) is 0 Å². The summed E-state index contributed by atoms with van der Waals surface area (Å²) in [5.41, 5.74) is 1.77. The topological polar surface area (TPSA) is 77.1 Å². The number of carbonyl (C=O) groups is 2. The number of thiocarbonyl (C=S) groups is 1. The van der Waals surface area contributed by atoms with Gasteiger partial charge in [-0.05, 0) is 54.1 Å². The molecule has 3 aromatic carbocycles. The molecule has 1 N–H and O–H groups in total. The van der Waals surface area contributed by atoms with Crippen LogP contribution in [0.2, 0.25) is 10.0 Å². The zero-order valence-electron chi connectivity index (χ0n) is 19.6. The molecule has 0 aromatic heterocycles. The third-order valence-electron chi connectivity index (χ3n) is 5.18. The number of carbonyl (C=O) groups excluding carboxylic acids is 2. The van der Waals surface area contributed by atoms with Crippen LogP contribution in [-0.4, -0.2) is 37.0 Å². The van der Waals surface area contributed by atoms with Crippen LogP contribution in [0.3, 0.4) is 0 Å². The number of benzene rings is 3. The Labute approximate surface area is 233 Å². The van der Waals surface area contributed by atoms with Gasteiger partial charge in [-0.3, -0.25) is 14.5 Å². The van der Waals surface area contributed by atoms with Gasteiger partial charge in [0.1, 0.15) is 5.75 Å². The van der Waals surface area contributed by atoms with Crippen molar-refractivity contribution >= 4 is 80.8 Å². The minimum absolute atomic E-state index is 0.240. The van der Waals surface area contributed by atoms with Gasteiger partial charge < -0.3 is 19.5 Å². The van der Waals surface area contributed by atoms with Crippen molar-refractivity contribution < 1.29 is 23.8 Å². The standard InChI is InChI=1S/C26H20Cl2N2O5S2/c1-33-20-6-4-3-5-19(20)29-24(31)14-35-21-10-7-15(11-22(21)34-2)12-23-25(32)30(26(36)37-23)16-8-9-17(27)18(28)13-16/h3-13H,14H2,1-2H3,(H,29,31)/b23-12+. The number of amides is 2. The van der Waals surface area contributed by atoms with E-state index in [1.807, 2.05) is 6.07 Å². The summed E-state index contributed by atoms with van der Waals surface area (Å²) in [5, 5.41) is 3.46. The molecule has 1 aliphatic rings. The lowest BCUT2D eigenvalue weighted by Crippen LogP contribution is -2.27. The van der Waals surface area contributed by atoms with Crippen molar-refractivity contribution in [1.82, 2.24) is 0 Å². The number of hydrogen-bond acceptors (Lipinski definition) is 7. The lowest BCUT2D eigenvalue weighted by molar-refractivity contribution is -0.118. The summed E-state index contributed by atoms with van der Waals surface area (Å²) in [6.07, 6.45) is 1.71. The predicted molar refractivity (Wildman–Crippen MR) is 152 cm³/mol. The van der Waals surface area contributed by atoms with E-state index in [4.69, 9.17) is 49.6 Å². The van der Waals surface area contributed by atoms with Crippen LogP contribution in [0.25, 0.3) is 6.08 Å². The van der Waals surface area contributed by atoms with Gasteiger partial charge in [0, 0.05) is 0 Å². The van der Waals surface area contributed by atoms with Crippen molar-refractivity contribution in [3.05, 3.63) is 81.2 Å². The third kappa shape index (κ3) is 6.19. The number of halogens is 2. The maximum Gasteiger partial charge on any atom is 0.270 e. The molecule has 0 spiro atoms. The molecule has 190 valence electrons. The molecule has 0 saturated carbocycles. The minimum Gasteiger partial charge on any atom is -0.495 e. The molecule has 0 unspecified atom stereocenters. The van der Waals surface area contributed by atoms with Crippen molar-refractivity contribution in [1.29, 1.82) is 0 Å². The molecule has 11 heteroatoms. The van der Waals surface area contributed by atoms with Crippen molar-refractivity contribution in [2.75, 3.05) is 31.0 Å². The van der Waals surface area contributed by atoms with Crippen molar-refractivity contribution in [2.24, 2.45) is 0 Å². The molecule has 0 radical (unpaired) electrons. The Bertz CT molecular complexity index is 1410. The van der Waals surface area contributed by atoms with Crippen LogP contribution >= 0.6 is 47.2 Å². The number of hydrogen-bond donors (Lipinski definition) is 1. The van der Waals surface area contributed by atoms with E-state index in [1.54, 1.807) is 60.7 Å². The second kappa shape index (κ2) is 11.9. The number of ether oxygens (including phenoxy) is 3. The summed E-state index contributed by atoms with van der Waals surface area (Å²) < 4.78 is 16.7. The molecule has 1 saturated heterocycles. The van der Waals surface area contributed by atoms with E-state index in [1.165, 1.54) is 30.9 Å². The van der Waals surface area contributed by atoms with Gasteiger partial charge in [-0.25, -0.2) is 0 Å². The fraction of sp³-hybridized carbons (Fsp3) is 0.115. The van der Waals surface area contributed by atoms with E-state index >= 15 is 0 Å². The molecule has 2 amide bonds. The Morgan fingerprint density at radius 3 is 2.49 bits per heavy atom. The molecule has 0 bridgehead atoms. The summed E-state index contributed by atoms with van der Waals surface area (Å²) in [6, 6.07) is 17.1. The predicted octanol–water partition coefficient (Wildman–Crippen LogP) is 6.43. The van der Waals surface area contributed by atoms with Crippen molar-refractivity contribution in [3.63, 3.8) is 0 Å². The molecular formula is C26H20Cl2N2O5S2. The Morgan fingerprint density at radius 2 is 1.76 bits per heavy atom. The first-order valence-corrected chi connectivity index (χ1v) is 12.8. The fourth-order valence-electron chi connectivity index (χ4n) is 3.44. The number of anilines is 2. The van der Waals surface area contributed by atoms with Gasteiger partial charge in [0.25, 0.3) is 11.8 Å². The quantitative estimate of drug-likeness (QED) is 0.245. The smallest absolute Gasteiger partial charge is 0.270 e. The largest absolute Gasteiger partial charge is 0.495 e. The van der Waals surface area contributed by atoms with Gasteiger partial charge in [0.2, 0.25) is 0 Å². The molecule has 0 aliphatic carbocycles. The van der Waals surface area contributed by atoms with E-state index in [-0.39, 0.29) is 18.4 Å². The highest BCUT2D eigenvalue weighted by molar-refractivity contribution is 8.27. The monoisotopic (exact) mass is 574 g/mol. The van der Waals surface area contributed by atoms with Crippen LogP contribution in [-0.2, 0) is 9.59 Å². The van der Waals surface area contributed by atoms with Crippen LogP contribution in [0.1, 0.15) is 5.56 Å². The normalized spacial score (nSPS) is 14.2. The number of methoxy groups -OCH3 is 2. The number of rotatable bonds is 8. The Morgan fingerprint density at radius 1 is 1.00 bits per heavy atom. The summed E-state index contributed by atoms with van der Waals surface area (Å²) in [5.74, 6) is 0.682. The van der Waals surface area contributed by atoms with Gasteiger partial charge in [-0.15, -0.1) is 0 Å². The van der Waals surface area contributed by atoms with Crippen LogP contribution in [0.4, 0.5) is 11.4 Å². The highest BCUT2D eigenvalue weighted by Crippen LogP contribution is 2.39. The highest BCUT2D eigenvalue weighted by Gasteiger charge is 2.33. The molecule has 4 rings (SSSR count). The van der Waals surface area contributed by atoms with Crippen molar-refractivity contribution in [3.8, 4) is 17.2 Å². The Balaban J connectivity index is 1.46. The summed E-state index contributed by atoms with van der Waals surface area (Å²) in [6.45, 7) is -0.240. The second-order valence-corrected chi connectivity index (χ2v) is 10.1. The third-order valence-corrected chi connectivity index (χ3v) is 7.22. The minimum atomic E-state index is -0.360. The SMILES string of the molecule is COc1ccccc1NC(=O)COc1ccc(/C=C2/SC(=S)N(c3ccc(Cl)c(Cl)c3)C2=O)cc1OC. The van der Waals surface area contributed by atoms with E-state index in [0.29, 0.717) is 53.5 Å². The van der Waals surface area contributed by atoms with Crippen LogP contribution < -0.4 is 24.4 Å². The first-order valence-electron chi connectivity index (χ1n) is 10.8. The molecule has 1 heterocycles. The maximum atomic E-state index is 13.1. The van der Waals surface area contributed by atoms with Crippen LogP contribution in [0, 0.1) is 0 Å². The molecular weight excluding hydrogens is 555 g/mol. The van der Waals surface area contributed by atoms with Gasteiger partial charge in [0.15, 0.2) is 22.4 Å². The average molecular weight is 575 g/mol. The summed E-state index contributed by atoms with van der Waals surface area (Å²) in [7, 11) is 3.02. The highest BCUT2D eigenvalue weighted by atomic mass is 35.5.